The van der Waals surface area contributed by atoms with Crippen LogP contribution >= 0.6 is 0 Å². The Kier molecular flexibility index (Phi) is 12.5. The second kappa shape index (κ2) is 13.9. The molecule has 0 aliphatic carbocycles. The van der Waals surface area contributed by atoms with Gasteiger partial charge in [-0.1, -0.05) is 13.8 Å². The van der Waals surface area contributed by atoms with Crippen molar-refractivity contribution < 1.29 is 39.0 Å². The van der Waals surface area contributed by atoms with Crippen molar-refractivity contribution in [3.8, 4) is 0 Å². The molecule has 176 valence electrons. The van der Waals surface area contributed by atoms with Gasteiger partial charge in [0.25, 0.3) is 0 Å². The molecule has 0 rings (SSSR count). The summed E-state index contributed by atoms with van der Waals surface area (Å²) in [7, 11) is 0. The zero-order chi connectivity index (χ0) is 24.1. The van der Waals surface area contributed by atoms with E-state index in [0.717, 1.165) is 0 Å². The van der Waals surface area contributed by atoms with Crippen molar-refractivity contribution in [3.63, 3.8) is 0 Å². The summed E-state index contributed by atoms with van der Waals surface area (Å²) in [4.78, 5) is 70.1. The molecule has 13 nitrogen and oxygen atoms in total. The van der Waals surface area contributed by atoms with E-state index in [1.807, 2.05) is 0 Å². The molecule has 31 heavy (non-hydrogen) atoms. The molecule has 9 N–H and O–H groups in total. The molecule has 0 aliphatic heterocycles. The molecule has 0 radical (unpaired) electrons. The van der Waals surface area contributed by atoms with Gasteiger partial charge in [-0.2, -0.15) is 0 Å². The molecule has 4 amide bonds. The first-order valence-electron chi connectivity index (χ1n) is 9.70. The van der Waals surface area contributed by atoms with E-state index >= 15 is 0 Å². The summed E-state index contributed by atoms with van der Waals surface area (Å²) in [5.41, 5.74) is 10.3. The Morgan fingerprint density at radius 3 is 1.71 bits per heavy atom. The van der Waals surface area contributed by atoms with Crippen LogP contribution < -0.4 is 27.4 Å². The third kappa shape index (κ3) is 12.2. The standard InChI is InChI=1S/C18H31N5O8/c1-9(2)7-12(18(30)31)23-17(29)11(3-5-13(20)24)22-16(28)10(4-6-15(26)27)21-14(25)8-19/h9-12H,3-8,19H2,1-2H3,(H2,20,24)(H,21,25)(H,22,28)(H,23,29)(H,26,27)(H,30,31). The molecule has 0 saturated heterocycles. The SMILES string of the molecule is CC(C)CC(NC(=O)C(CCC(N)=O)NC(=O)C(CCC(=O)O)NC(=O)CN)C(=O)O. The lowest BCUT2D eigenvalue weighted by Gasteiger charge is -2.24. The van der Waals surface area contributed by atoms with E-state index in [-0.39, 0.29) is 31.6 Å². The maximum Gasteiger partial charge on any atom is 0.326 e. The molecule has 0 aliphatic rings. The average molecular weight is 445 g/mol. The highest BCUT2D eigenvalue weighted by molar-refractivity contribution is 5.94. The van der Waals surface area contributed by atoms with Crippen LogP contribution in [-0.4, -0.2) is 70.5 Å². The first-order valence-corrected chi connectivity index (χ1v) is 9.70. The largest absolute Gasteiger partial charge is 0.481 e. The number of carbonyl (C=O) groups is 6. The minimum absolute atomic E-state index is 0.0491. The van der Waals surface area contributed by atoms with Crippen LogP contribution in [0.25, 0.3) is 0 Å². The third-order valence-corrected chi connectivity index (χ3v) is 4.12. The van der Waals surface area contributed by atoms with Gasteiger partial charge in [-0.3, -0.25) is 24.0 Å². The zero-order valence-corrected chi connectivity index (χ0v) is 17.6. The van der Waals surface area contributed by atoms with Crippen LogP contribution in [0.2, 0.25) is 0 Å². The number of nitrogens with two attached hydrogens (primary N) is 2. The van der Waals surface area contributed by atoms with Gasteiger partial charge in [-0.15, -0.1) is 0 Å². The van der Waals surface area contributed by atoms with E-state index in [2.05, 4.69) is 16.0 Å². The minimum atomic E-state index is -1.34. The van der Waals surface area contributed by atoms with E-state index in [4.69, 9.17) is 16.6 Å². The quantitative estimate of drug-likeness (QED) is 0.143. The Balaban J connectivity index is 5.46. The number of hydrogen-bond acceptors (Lipinski definition) is 7. The van der Waals surface area contributed by atoms with Crippen molar-refractivity contribution in [3.05, 3.63) is 0 Å². The molecule has 0 saturated carbocycles. The van der Waals surface area contributed by atoms with Crippen molar-refractivity contribution in [2.75, 3.05) is 6.54 Å². The smallest absolute Gasteiger partial charge is 0.326 e. The summed E-state index contributed by atoms with van der Waals surface area (Å²) in [6.07, 6.45) is -1.10. The molecule has 0 aromatic carbocycles. The van der Waals surface area contributed by atoms with Crippen molar-refractivity contribution >= 4 is 35.6 Å². The number of amides is 4. The van der Waals surface area contributed by atoms with E-state index in [1.165, 1.54) is 0 Å². The molecule has 0 spiro atoms. The first kappa shape index (κ1) is 27.8. The molecule has 0 fully saturated rings. The van der Waals surface area contributed by atoms with Gasteiger partial charge in [-0.05, 0) is 25.2 Å². The van der Waals surface area contributed by atoms with Gasteiger partial charge >= 0.3 is 11.9 Å². The number of nitrogens with one attached hydrogen (secondary N) is 3. The lowest BCUT2D eigenvalue weighted by molar-refractivity contribution is -0.143. The Morgan fingerprint density at radius 1 is 0.806 bits per heavy atom. The van der Waals surface area contributed by atoms with Gasteiger partial charge in [0.05, 0.1) is 6.54 Å². The molecule has 3 unspecified atom stereocenters. The first-order chi connectivity index (χ1) is 14.4. The highest BCUT2D eigenvalue weighted by Gasteiger charge is 2.30. The molecule has 0 bridgehead atoms. The summed E-state index contributed by atoms with van der Waals surface area (Å²) in [6.45, 7) is 3.08. The summed E-state index contributed by atoms with van der Waals surface area (Å²) in [6, 6.07) is -3.86. The fourth-order valence-electron chi connectivity index (χ4n) is 2.58. The Bertz CT molecular complexity index is 682. The maximum absolute atomic E-state index is 12.6. The van der Waals surface area contributed by atoms with Crippen molar-refractivity contribution in [2.45, 2.75) is 64.1 Å². The molecule has 0 aromatic rings. The zero-order valence-electron chi connectivity index (χ0n) is 17.6. The van der Waals surface area contributed by atoms with Crippen LogP contribution in [-0.2, 0) is 28.8 Å². The van der Waals surface area contributed by atoms with Gasteiger partial charge in [0.1, 0.15) is 18.1 Å². The molecular weight excluding hydrogens is 414 g/mol. The highest BCUT2D eigenvalue weighted by atomic mass is 16.4. The number of hydrogen-bond donors (Lipinski definition) is 7. The third-order valence-electron chi connectivity index (χ3n) is 4.12. The Hall–Kier alpha value is -3.22. The predicted molar refractivity (Wildman–Crippen MR) is 107 cm³/mol. The number of carboxylic acids is 2. The normalized spacial score (nSPS) is 13.5. The van der Waals surface area contributed by atoms with Gasteiger partial charge in [0, 0.05) is 12.8 Å². The lowest BCUT2D eigenvalue weighted by atomic mass is 10.0. The lowest BCUT2D eigenvalue weighted by Crippen LogP contribution is -2.56. The van der Waals surface area contributed by atoms with Crippen molar-refractivity contribution in [1.29, 1.82) is 0 Å². The van der Waals surface area contributed by atoms with Crippen LogP contribution in [0.3, 0.4) is 0 Å². The van der Waals surface area contributed by atoms with Gasteiger partial charge in [-0.25, -0.2) is 4.79 Å². The second-order valence-electron chi connectivity index (χ2n) is 7.35. The second-order valence-corrected chi connectivity index (χ2v) is 7.35. The van der Waals surface area contributed by atoms with E-state index in [0.29, 0.717) is 0 Å². The Labute approximate surface area is 179 Å². The maximum atomic E-state index is 12.6. The van der Waals surface area contributed by atoms with Crippen LogP contribution in [0.15, 0.2) is 0 Å². The summed E-state index contributed by atoms with van der Waals surface area (Å²) in [5.74, 6) is -5.73. The van der Waals surface area contributed by atoms with E-state index in [1.54, 1.807) is 13.8 Å². The van der Waals surface area contributed by atoms with Crippen LogP contribution in [0.4, 0.5) is 0 Å². The molecule has 3 atom stereocenters. The fraction of sp³-hybridized carbons (Fsp3) is 0.667. The van der Waals surface area contributed by atoms with Gasteiger partial charge in [0.15, 0.2) is 0 Å². The highest BCUT2D eigenvalue weighted by Crippen LogP contribution is 2.07. The molecule has 13 heteroatoms. The molecule has 0 aromatic heterocycles. The van der Waals surface area contributed by atoms with Crippen LogP contribution in [0.5, 0.6) is 0 Å². The number of aliphatic carboxylic acids is 2. The van der Waals surface area contributed by atoms with E-state index in [9.17, 15) is 33.9 Å². The Morgan fingerprint density at radius 2 is 1.29 bits per heavy atom. The van der Waals surface area contributed by atoms with Gasteiger partial charge < -0.3 is 37.6 Å². The van der Waals surface area contributed by atoms with E-state index < -0.39 is 66.7 Å². The van der Waals surface area contributed by atoms with Crippen LogP contribution in [0, 0.1) is 5.92 Å². The topological polar surface area (TPSA) is 231 Å². The molecule has 0 heterocycles. The number of carboxylic acid groups (broad SMARTS) is 2. The number of primary amides is 1. The van der Waals surface area contributed by atoms with Gasteiger partial charge in [0.2, 0.25) is 23.6 Å². The number of rotatable bonds is 15. The minimum Gasteiger partial charge on any atom is -0.481 e. The van der Waals surface area contributed by atoms with Crippen molar-refractivity contribution in [2.24, 2.45) is 17.4 Å². The fourth-order valence-corrected chi connectivity index (χ4v) is 2.58. The van der Waals surface area contributed by atoms with Crippen molar-refractivity contribution in [1.82, 2.24) is 16.0 Å². The summed E-state index contributed by atoms with van der Waals surface area (Å²) in [5, 5.41) is 25.0. The van der Waals surface area contributed by atoms with Crippen LogP contribution in [0.1, 0.15) is 46.0 Å². The average Bonchev–Trinajstić information content (AvgIpc) is 2.66. The number of carbonyl (C=O) groups excluding carboxylic acids is 4. The summed E-state index contributed by atoms with van der Waals surface area (Å²) < 4.78 is 0. The predicted octanol–water partition coefficient (Wildman–Crippen LogP) is -2.34. The summed E-state index contributed by atoms with van der Waals surface area (Å²) >= 11 is 0. The molecular formula is C18H31N5O8. The monoisotopic (exact) mass is 445 g/mol.